The maximum Gasteiger partial charge on any atom is 0.263 e. The van der Waals surface area contributed by atoms with Crippen LogP contribution in [0.2, 0.25) is 0 Å². The molecule has 7 heteroatoms. The molecule has 0 unspecified atom stereocenters. The minimum atomic E-state index is -0.192. The lowest BCUT2D eigenvalue weighted by Gasteiger charge is -2.15. The number of thiazole rings is 1. The van der Waals surface area contributed by atoms with Crippen LogP contribution in [0.5, 0.6) is 0 Å². The minimum Gasteiger partial charge on any atom is -0.345 e. The van der Waals surface area contributed by atoms with Gasteiger partial charge in [0.2, 0.25) is 5.91 Å². The van der Waals surface area contributed by atoms with Crippen molar-refractivity contribution in [2.75, 3.05) is 5.32 Å². The first-order chi connectivity index (χ1) is 12.4. The van der Waals surface area contributed by atoms with E-state index in [0.29, 0.717) is 10.6 Å². The van der Waals surface area contributed by atoms with Crippen molar-refractivity contribution in [1.82, 2.24) is 10.3 Å². The van der Waals surface area contributed by atoms with Crippen molar-refractivity contribution < 1.29 is 9.59 Å². The van der Waals surface area contributed by atoms with Crippen LogP contribution in [0.1, 0.15) is 40.8 Å². The number of amides is 2. The van der Waals surface area contributed by atoms with Crippen LogP contribution in [0.3, 0.4) is 0 Å². The molecule has 1 atom stereocenters. The van der Waals surface area contributed by atoms with Gasteiger partial charge < -0.3 is 10.6 Å². The Morgan fingerprint density at radius 1 is 1.23 bits per heavy atom. The van der Waals surface area contributed by atoms with Gasteiger partial charge >= 0.3 is 0 Å². The van der Waals surface area contributed by atoms with Crippen LogP contribution in [-0.4, -0.2) is 16.8 Å². The second-order valence-corrected chi connectivity index (χ2v) is 7.73. The maximum absolute atomic E-state index is 12.7. The van der Waals surface area contributed by atoms with Crippen molar-refractivity contribution in [3.63, 3.8) is 0 Å². The first-order valence-corrected chi connectivity index (χ1v) is 9.88. The Labute approximate surface area is 160 Å². The molecule has 0 bridgehead atoms. The summed E-state index contributed by atoms with van der Waals surface area (Å²) in [5, 5.41) is 10.6. The van der Waals surface area contributed by atoms with Crippen LogP contribution >= 0.6 is 22.7 Å². The lowest BCUT2D eigenvalue weighted by Crippen LogP contribution is -2.26. The van der Waals surface area contributed by atoms with Gasteiger partial charge in [0.25, 0.3) is 5.91 Å². The zero-order valence-corrected chi connectivity index (χ0v) is 16.3. The smallest absolute Gasteiger partial charge is 0.263 e. The number of rotatable bonds is 5. The van der Waals surface area contributed by atoms with E-state index in [1.165, 1.54) is 18.3 Å². The highest BCUT2D eigenvalue weighted by molar-refractivity contribution is 7.17. The Bertz CT molecular complexity index is 932. The molecule has 0 spiro atoms. The van der Waals surface area contributed by atoms with Gasteiger partial charge in [-0.15, -0.1) is 11.3 Å². The number of thiophene rings is 1. The zero-order valence-electron chi connectivity index (χ0n) is 14.7. The molecule has 0 aliphatic rings. The number of anilines is 1. The molecule has 26 heavy (non-hydrogen) atoms. The summed E-state index contributed by atoms with van der Waals surface area (Å²) in [6.07, 6.45) is 0. The minimum absolute atomic E-state index is 0.125. The number of hydrogen-bond acceptors (Lipinski definition) is 5. The Morgan fingerprint density at radius 2 is 2.04 bits per heavy atom. The topological polar surface area (TPSA) is 71.1 Å². The third-order valence-electron chi connectivity index (χ3n) is 3.83. The number of carbonyl (C=O) groups excluding carboxylic acids is 2. The van der Waals surface area contributed by atoms with E-state index >= 15 is 0 Å². The van der Waals surface area contributed by atoms with Gasteiger partial charge in [0, 0.05) is 23.6 Å². The van der Waals surface area contributed by atoms with Crippen molar-refractivity contribution in [1.29, 1.82) is 0 Å². The average molecular weight is 386 g/mol. The van der Waals surface area contributed by atoms with Gasteiger partial charge in [-0.2, -0.15) is 11.3 Å². The molecular formula is C19H19N3O2S2. The first-order valence-electron chi connectivity index (χ1n) is 8.12. The molecule has 0 saturated heterocycles. The quantitative estimate of drug-likeness (QED) is 0.673. The Morgan fingerprint density at radius 3 is 2.73 bits per heavy atom. The number of nitrogens with zero attached hydrogens (tertiary/aromatic N) is 1. The van der Waals surface area contributed by atoms with Gasteiger partial charge in [-0.3, -0.25) is 9.59 Å². The number of hydrogen-bond donors (Lipinski definition) is 2. The van der Waals surface area contributed by atoms with Gasteiger partial charge in [-0.05, 0) is 43.0 Å². The summed E-state index contributed by atoms with van der Waals surface area (Å²) < 4.78 is 0. The van der Waals surface area contributed by atoms with Gasteiger partial charge in [0.05, 0.1) is 11.7 Å². The van der Waals surface area contributed by atoms with Crippen molar-refractivity contribution in [3.05, 3.63) is 57.2 Å². The highest BCUT2D eigenvalue weighted by Crippen LogP contribution is 2.29. The molecule has 0 aliphatic heterocycles. The summed E-state index contributed by atoms with van der Waals surface area (Å²) in [7, 11) is 0. The van der Waals surface area contributed by atoms with E-state index in [4.69, 9.17) is 0 Å². The van der Waals surface area contributed by atoms with E-state index in [9.17, 15) is 9.59 Å². The van der Waals surface area contributed by atoms with E-state index < -0.39 is 0 Å². The third-order valence-corrected chi connectivity index (χ3v) is 5.71. The molecule has 2 N–H and O–H groups in total. The standard InChI is InChI=1S/C19H19N3O2S2/c1-11(14-5-4-6-16(9-14)22-13(3)23)20-18(24)17-12(2)21-19(26-17)15-7-8-25-10-15/h4-11H,1-3H3,(H,20,24)(H,22,23)/t11-/m1/s1. The molecular weight excluding hydrogens is 366 g/mol. The number of aryl methyl sites for hydroxylation is 1. The van der Waals surface area contributed by atoms with E-state index in [1.54, 1.807) is 11.3 Å². The van der Waals surface area contributed by atoms with Crippen LogP contribution in [0.15, 0.2) is 41.1 Å². The predicted molar refractivity (Wildman–Crippen MR) is 107 cm³/mol. The van der Waals surface area contributed by atoms with Gasteiger partial charge in [0.1, 0.15) is 9.88 Å². The molecule has 2 amide bonds. The number of benzene rings is 1. The Kier molecular flexibility index (Phi) is 5.49. The number of aromatic nitrogens is 1. The molecule has 3 aromatic rings. The molecule has 0 aliphatic carbocycles. The van der Waals surface area contributed by atoms with Gasteiger partial charge in [-0.25, -0.2) is 4.98 Å². The average Bonchev–Trinajstić information content (AvgIpc) is 3.23. The summed E-state index contributed by atoms with van der Waals surface area (Å²) >= 11 is 3.01. The molecule has 2 aromatic heterocycles. The SMILES string of the molecule is CC(=O)Nc1cccc([C@@H](C)NC(=O)c2sc(-c3ccsc3)nc2C)c1. The lowest BCUT2D eigenvalue weighted by atomic mass is 10.1. The van der Waals surface area contributed by atoms with Crippen molar-refractivity contribution >= 4 is 40.2 Å². The van der Waals surface area contributed by atoms with Gasteiger partial charge in [0.15, 0.2) is 0 Å². The summed E-state index contributed by atoms with van der Waals surface area (Å²) in [5.74, 6) is -0.265. The van der Waals surface area contributed by atoms with Crippen molar-refractivity contribution in [2.24, 2.45) is 0 Å². The van der Waals surface area contributed by atoms with Crippen LogP contribution < -0.4 is 10.6 Å². The molecule has 0 fully saturated rings. The largest absolute Gasteiger partial charge is 0.345 e. The highest BCUT2D eigenvalue weighted by Gasteiger charge is 2.19. The molecule has 3 rings (SSSR count). The molecule has 5 nitrogen and oxygen atoms in total. The second kappa shape index (κ2) is 7.80. The van der Waals surface area contributed by atoms with E-state index in [-0.39, 0.29) is 17.9 Å². The Hall–Kier alpha value is -2.51. The summed E-state index contributed by atoms with van der Waals surface area (Å²) in [4.78, 5) is 29.0. The van der Waals surface area contributed by atoms with E-state index in [1.807, 2.05) is 54.9 Å². The van der Waals surface area contributed by atoms with E-state index in [2.05, 4.69) is 15.6 Å². The third kappa shape index (κ3) is 4.17. The van der Waals surface area contributed by atoms with Crippen LogP contribution in [0.25, 0.3) is 10.6 Å². The number of carbonyl (C=O) groups is 2. The van der Waals surface area contributed by atoms with Crippen LogP contribution in [-0.2, 0) is 4.79 Å². The fourth-order valence-corrected chi connectivity index (χ4v) is 4.23. The van der Waals surface area contributed by atoms with Gasteiger partial charge in [-0.1, -0.05) is 12.1 Å². The molecule has 0 radical (unpaired) electrons. The molecule has 2 heterocycles. The summed E-state index contributed by atoms with van der Waals surface area (Å²) in [5.41, 5.74) is 3.40. The molecule has 1 aromatic carbocycles. The summed E-state index contributed by atoms with van der Waals surface area (Å²) in [6, 6.07) is 9.27. The van der Waals surface area contributed by atoms with Crippen molar-refractivity contribution in [2.45, 2.75) is 26.8 Å². The van der Waals surface area contributed by atoms with Crippen LogP contribution in [0.4, 0.5) is 5.69 Å². The zero-order chi connectivity index (χ0) is 18.7. The highest BCUT2D eigenvalue weighted by atomic mass is 32.1. The fraction of sp³-hybridized carbons (Fsp3) is 0.211. The first kappa shape index (κ1) is 18.3. The van der Waals surface area contributed by atoms with Crippen molar-refractivity contribution in [3.8, 4) is 10.6 Å². The monoisotopic (exact) mass is 385 g/mol. The molecule has 134 valence electrons. The number of nitrogens with one attached hydrogen (secondary N) is 2. The second-order valence-electron chi connectivity index (χ2n) is 5.95. The lowest BCUT2D eigenvalue weighted by molar-refractivity contribution is -0.114. The summed E-state index contributed by atoms with van der Waals surface area (Å²) in [6.45, 7) is 5.24. The maximum atomic E-state index is 12.7. The Balaban J connectivity index is 1.75. The van der Waals surface area contributed by atoms with Crippen LogP contribution in [0, 0.1) is 6.92 Å². The normalized spacial score (nSPS) is 11.8. The predicted octanol–water partition coefficient (Wildman–Crippen LogP) is 4.63. The molecule has 0 saturated carbocycles. The van der Waals surface area contributed by atoms with E-state index in [0.717, 1.165) is 21.8 Å². The fourth-order valence-electron chi connectivity index (χ4n) is 2.55.